The molecule has 1 amide bonds. The number of aromatic nitrogens is 3. The molecule has 0 atom stereocenters. The second-order valence-corrected chi connectivity index (χ2v) is 8.02. The molecule has 5 rings (SSSR count). The average molecular weight is 472 g/mol. The van der Waals surface area contributed by atoms with Crippen LogP contribution in [-0.2, 0) is 17.4 Å². The van der Waals surface area contributed by atoms with Gasteiger partial charge in [-0.15, -0.1) is 0 Å². The number of rotatable bonds is 5. The number of carbonyl (C=O) groups excluding carboxylic acids is 1. The first-order chi connectivity index (χ1) is 16.9. The van der Waals surface area contributed by atoms with Crippen LogP contribution >= 0.6 is 0 Å². The van der Waals surface area contributed by atoms with Crippen LogP contribution in [0.5, 0.6) is 0 Å². The van der Waals surface area contributed by atoms with E-state index in [9.17, 15) is 18.0 Å². The number of alkyl halides is 3. The summed E-state index contributed by atoms with van der Waals surface area (Å²) >= 11 is 0. The van der Waals surface area contributed by atoms with Gasteiger partial charge in [-0.05, 0) is 59.2 Å². The van der Waals surface area contributed by atoms with Gasteiger partial charge >= 0.3 is 6.18 Å². The minimum Gasteiger partial charge on any atom is -0.326 e. The van der Waals surface area contributed by atoms with Gasteiger partial charge in [-0.2, -0.15) is 13.2 Å². The predicted molar refractivity (Wildman–Crippen MR) is 128 cm³/mol. The predicted octanol–water partition coefficient (Wildman–Crippen LogP) is 6.26. The first kappa shape index (κ1) is 22.3. The van der Waals surface area contributed by atoms with Crippen molar-refractivity contribution >= 4 is 17.2 Å². The van der Waals surface area contributed by atoms with Crippen molar-refractivity contribution in [3.05, 3.63) is 109 Å². The molecular weight excluding hydrogens is 453 g/mol. The lowest BCUT2D eigenvalue weighted by Crippen LogP contribution is -2.15. The Kier molecular flexibility index (Phi) is 5.78. The molecule has 3 aromatic heterocycles. The largest absolute Gasteiger partial charge is 0.416 e. The van der Waals surface area contributed by atoms with Crippen LogP contribution in [0.25, 0.3) is 28.0 Å². The zero-order valence-corrected chi connectivity index (χ0v) is 18.3. The Morgan fingerprint density at radius 1 is 0.886 bits per heavy atom. The van der Waals surface area contributed by atoms with Gasteiger partial charge in [0.05, 0.1) is 23.9 Å². The van der Waals surface area contributed by atoms with Crippen LogP contribution in [0.15, 0.2) is 97.6 Å². The number of benzene rings is 2. The number of amides is 1. The highest BCUT2D eigenvalue weighted by molar-refractivity contribution is 5.92. The molecule has 35 heavy (non-hydrogen) atoms. The summed E-state index contributed by atoms with van der Waals surface area (Å²) in [6.07, 6.45) is 2.83. The van der Waals surface area contributed by atoms with Crippen molar-refractivity contribution < 1.29 is 18.0 Å². The summed E-state index contributed by atoms with van der Waals surface area (Å²) in [7, 11) is 0. The maximum absolute atomic E-state index is 12.9. The van der Waals surface area contributed by atoms with Gasteiger partial charge in [-0.3, -0.25) is 14.2 Å². The van der Waals surface area contributed by atoms with E-state index in [2.05, 4.69) is 15.3 Å². The van der Waals surface area contributed by atoms with E-state index in [0.29, 0.717) is 0 Å². The summed E-state index contributed by atoms with van der Waals surface area (Å²) in [5.74, 6) is -0.393. The molecule has 0 unspecified atom stereocenters. The summed E-state index contributed by atoms with van der Waals surface area (Å²) in [6, 6.07) is 19.9. The minimum absolute atomic E-state index is 0.0406. The Labute approximate surface area is 198 Å². The average Bonchev–Trinajstić information content (AvgIpc) is 3.28. The molecule has 5 nitrogen and oxygen atoms in total. The molecule has 0 radical (unpaired) electrons. The fourth-order valence-electron chi connectivity index (χ4n) is 3.88. The van der Waals surface area contributed by atoms with Gasteiger partial charge in [0.15, 0.2) is 0 Å². The van der Waals surface area contributed by atoms with E-state index >= 15 is 0 Å². The molecule has 0 saturated heterocycles. The van der Waals surface area contributed by atoms with Crippen LogP contribution in [0, 0.1) is 0 Å². The monoisotopic (exact) mass is 472 g/mol. The van der Waals surface area contributed by atoms with E-state index in [0.717, 1.165) is 45.7 Å². The zero-order chi connectivity index (χ0) is 24.4. The van der Waals surface area contributed by atoms with Crippen molar-refractivity contribution in [2.75, 3.05) is 5.32 Å². The fraction of sp³-hybridized carbons (Fsp3) is 0.0741. The smallest absolute Gasteiger partial charge is 0.326 e. The molecule has 0 spiro atoms. The van der Waals surface area contributed by atoms with E-state index in [1.807, 2.05) is 59.1 Å². The standard InChI is InChI=1S/C27H19F3N4O/c28-27(29,30)22-2-1-3-23(16-22)33-26(35)14-18-4-6-20(7-5-18)24-17-32-25-15-21(10-13-34(24)25)19-8-11-31-12-9-19/h1-13,15-17H,14H2,(H,33,35). The summed E-state index contributed by atoms with van der Waals surface area (Å²) in [6.45, 7) is 0. The van der Waals surface area contributed by atoms with E-state index in [4.69, 9.17) is 0 Å². The van der Waals surface area contributed by atoms with Gasteiger partial charge < -0.3 is 5.32 Å². The van der Waals surface area contributed by atoms with Gasteiger partial charge in [-0.1, -0.05) is 30.3 Å². The van der Waals surface area contributed by atoms with Crippen LogP contribution in [0.3, 0.4) is 0 Å². The van der Waals surface area contributed by atoms with Gasteiger partial charge in [0, 0.05) is 29.8 Å². The van der Waals surface area contributed by atoms with Crippen LogP contribution in [0.4, 0.5) is 18.9 Å². The normalized spacial score (nSPS) is 11.5. The second kappa shape index (κ2) is 9.06. The zero-order valence-electron chi connectivity index (χ0n) is 18.3. The summed E-state index contributed by atoms with van der Waals surface area (Å²) in [5, 5.41) is 2.53. The van der Waals surface area contributed by atoms with Crippen LogP contribution in [0.2, 0.25) is 0 Å². The maximum Gasteiger partial charge on any atom is 0.416 e. The van der Waals surface area contributed by atoms with Crippen molar-refractivity contribution in [3.63, 3.8) is 0 Å². The molecule has 5 aromatic rings. The fourth-order valence-corrected chi connectivity index (χ4v) is 3.88. The Hall–Kier alpha value is -4.46. The summed E-state index contributed by atoms with van der Waals surface area (Å²) in [4.78, 5) is 20.9. The Bertz CT molecular complexity index is 1490. The second-order valence-electron chi connectivity index (χ2n) is 8.02. The minimum atomic E-state index is -4.46. The topological polar surface area (TPSA) is 59.3 Å². The van der Waals surface area contributed by atoms with Gasteiger partial charge in [0.25, 0.3) is 0 Å². The highest BCUT2D eigenvalue weighted by Gasteiger charge is 2.30. The molecule has 8 heteroatoms. The third kappa shape index (κ3) is 4.91. The van der Waals surface area contributed by atoms with E-state index < -0.39 is 17.6 Å². The molecular formula is C27H19F3N4O. The van der Waals surface area contributed by atoms with Crippen molar-refractivity contribution in [1.82, 2.24) is 14.4 Å². The number of pyridine rings is 2. The number of anilines is 1. The third-order valence-electron chi connectivity index (χ3n) is 5.61. The SMILES string of the molecule is O=C(Cc1ccc(-c2cnc3cc(-c4ccncc4)ccn23)cc1)Nc1cccc(C(F)(F)F)c1. The van der Waals surface area contributed by atoms with Crippen LogP contribution in [0.1, 0.15) is 11.1 Å². The summed E-state index contributed by atoms with van der Waals surface area (Å²) in [5.41, 5.74) is 4.78. The van der Waals surface area contributed by atoms with E-state index in [-0.39, 0.29) is 12.1 Å². The molecule has 0 saturated carbocycles. The van der Waals surface area contributed by atoms with Crippen molar-refractivity contribution in [2.45, 2.75) is 12.6 Å². The number of halogens is 3. The van der Waals surface area contributed by atoms with Crippen LogP contribution in [-0.4, -0.2) is 20.3 Å². The molecule has 0 bridgehead atoms. The van der Waals surface area contributed by atoms with Crippen molar-refractivity contribution in [3.8, 4) is 22.4 Å². The molecule has 1 N–H and O–H groups in total. The van der Waals surface area contributed by atoms with E-state index in [1.165, 1.54) is 12.1 Å². The number of nitrogens with one attached hydrogen (secondary N) is 1. The lowest BCUT2D eigenvalue weighted by Gasteiger charge is -2.10. The molecule has 0 aliphatic heterocycles. The number of fused-ring (bicyclic) bond motifs is 1. The number of imidazole rings is 1. The van der Waals surface area contributed by atoms with Gasteiger partial charge in [0.2, 0.25) is 5.91 Å². The molecule has 0 aliphatic carbocycles. The summed E-state index contributed by atoms with van der Waals surface area (Å²) < 4.78 is 40.6. The molecule has 2 aromatic carbocycles. The maximum atomic E-state index is 12.9. The molecule has 3 heterocycles. The molecule has 0 aliphatic rings. The van der Waals surface area contributed by atoms with Crippen LogP contribution < -0.4 is 5.32 Å². The number of hydrogen-bond acceptors (Lipinski definition) is 3. The number of carbonyl (C=O) groups is 1. The molecule has 174 valence electrons. The first-order valence-corrected chi connectivity index (χ1v) is 10.8. The first-order valence-electron chi connectivity index (χ1n) is 10.8. The number of nitrogens with zero attached hydrogens (tertiary/aromatic N) is 3. The third-order valence-corrected chi connectivity index (χ3v) is 5.61. The lowest BCUT2D eigenvalue weighted by atomic mass is 10.1. The quantitative estimate of drug-likeness (QED) is 0.328. The van der Waals surface area contributed by atoms with Crippen molar-refractivity contribution in [2.24, 2.45) is 0 Å². The Morgan fingerprint density at radius 3 is 2.40 bits per heavy atom. The Morgan fingerprint density at radius 2 is 1.66 bits per heavy atom. The molecule has 0 fully saturated rings. The lowest BCUT2D eigenvalue weighted by molar-refractivity contribution is -0.137. The van der Waals surface area contributed by atoms with E-state index in [1.54, 1.807) is 18.6 Å². The number of hydrogen-bond donors (Lipinski definition) is 1. The Balaban J connectivity index is 1.30. The van der Waals surface area contributed by atoms with Gasteiger partial charge in [-0.25, -0.2) is 4.98 Å². The highest BCUT2D eigenvalue weighted by Crippen LogP contribution is 2.31. The van der Waals surface area contributed by atoms with Crippen molar-refractivity contribution in [1.29, 1.82) is 0 Å². The van der Waals surface area contributed by atoms with Gasteiger partial charge in [0.1, 0.15) is 5.65 Å². The highest BCUT2D eigenvalue weighted by atomic mass is 19.4.